The lowest BCUT2D eigenvalue weighted by molar-refractivity contribution is -0.125. The lowest BCUT2D eigenvalue weighted by Crippen LogP contribution is -2.36. The van der Waals surface area contributed by atoms with Crippen molar-refractivity contribution < 1.29 is 14.3 Å². The number of carbonyl (C=O) groups is 2. The summed E-state index contributed by atoms with van der Waals surface area (Å²) in [5.41, 5.74) is 0.558. The Bertz CT molecular complexity index is 885. The monoisotopic (exact) mass is 469 g/mol. The van der Waals surface area contributed by atoms with E-state index in [9.17, 15) is 9.59 Å². The van der Waals surface area contributed by atoms with Crippen LogP contribution in [-0.4, -0.2) is 43.0 Å². The molecule has 2 N–H and O–H groups in total. The number of nitrogens with one attached hydrogen (secondary N) is 2. The lowest BCUT2D eigenvalue weighted by Gasteiger charge is -2.18. The van der Waals surface area contributed by atoms with Crippen molar-refractivity contribution in [2.24, 2.45) is 5.92 Å². The molecule has 0 bridgehead atoms. The van der Waals surface area contributed by atoms with E-state index in [2.05, 4.69) is 10.6 Å². The Morgan fingerprint density at radius 3 is 2.70 bits per heavy atom. The number of nitrogens with zero attached hydrogens (tertiary/aromatic N) is 1. The minimum atomic E-state index is -0.162. The zero-order valence-electron chi connectivity index (χ0n) is 16.9. The molecule has 2 heterocycles. The Hall–Kier alpha value is -1.80. The smallest absolute Gasteiger partial charge is 0.238 e. The molecule has 0 unspecified atom stereocenters. The van der Waals surface area contributed by atoms with Crippen molar-refractivity contribution in [1.82, 2.24) is 10.2 Å². The van der Waals surface area contributed by atoms with Gasteiger partial charge in [0.05, 0.1) is 25.1 Å². The Kier molecular flexibility index (Phi) is 7.99. The standard InChI is InChI=1S/C21H25Cl2N3O3S/c1-3-29-20-5-4-18(30-20)13(2)24-21(28)14-6-7-26(11-14)12-19(27)25-17-9-15(22)8-16(23)10-17/h4-5,8-10,13-14H,3,6-7,11-12H2,1-2H3,(H,24,28)(H,25,27)/t13-,14-/m1/s1. The van der Waals surface area contributed by atoms with E-state index in [0.29, 0.717) is 35.4 Å². The summed E-state index contributed by atoms with van der Waals surface area (Å²) in [7, 11) is 0. The van der Waals surface area contributed by atoms with Gasteiger partial charge in [0.15, 0.2) is 5.06 Å². The van der Waals surface area contributed by atoms with Gasteiger partial charge >= 0.3 is 0 Å². The van der Waals surface area contributed by atoms with Crippen LogP contribution in [0.5, 0.6) is 5.06 Å². The number of thiophene rings is 1. The van der Waals surface area contributed by atoms with Crippen LogP contribution in [0.15, 0.2) is 30.3 Å². The van der Waals surface area contributed by atoms with E-state index in [0.717, 1.165) is 16.4 Å². The Balaban J connectivity index is 1.46. The zero-order chi connectivity index (χ0) is 21.7. The summed E-state index contributed by atoms with van der Waals surface area (Å²) in [4.78, 5) is 28.0. The van der Waals surface area contributed by atoms with Crippen molar-refractivity contribution in [2.45, 2.75) is 26.3 Å². The number of ether oxygens (including phenoxy) is 1. The first-order chi connectivity index (χ1) is 14.3. The molecule has 1 saturated heterocycles. The fourth-order valence-corrected chi connectivity index (χ4v) is 4.85. The third kappa shape index (κ3) is 6.35. The maximum Gasteiger partial charge on any atom is 0.238 e. The third-order valence-corrected chi connectivity index (χ3v) is 6.45. The molecule has 1 aromatic heterocycles. The van der Waals surface area contributed by atoms with Crippen LogP contribution >= 0.6 is 34.5 Å². The predicted octanol–water partition coefficient (Wildman–Crippen LogP) is 4.59. The molecule has 30 heavy (non-hydrogen) atoms. The second kappa shape index (κ2) is 10.5. The van der Waals surface area contributed by atoms with Crippen molar-refractivity contribution in [3.8, 4) is 5.06 Å². The summed E-state index contributed by atoms with van der Waals surface area (Å²) in [6.45, 7) is 6.00. The predicted molar refractivity (Wildman–Crippen MR) is 122 cm³/mol. The van der Waals surface area contributed by atoms with Gasteiger partial charge in [-0.2, -0.15) is 0 Å². The molecule has 2 amide bonds. The highest BCUT2D eigenvalue weighted by Gasteiger charge is 2.30. The molecule has 2 aromatic rings. The Morgan fingerprint density at radius 1 is 1.27 bits per heavy atom. The average molecular weight is 470 g/mol. The summed E-state index contributed by atoms with van der Waals surface area (Å²) in [5, 5.41) is 7.66. The zero-order valence-corrected chi connectivity index (χ0v) is 19.2. The molecule has 1 aliphatic rings. The molecule has 6 nitrogen and oxygen atoms in total. The highest BCUT2D eigenvalue weighted by atomic mass is 35.5. The van der Waals surface area contributed by atoms with Gasteiger partial charge in [-0.05, 0) is 57.1 Å². The summed E-state index contributed by atoms with van der Waals surface area (Å²) in [6.07, 6.45) is 0.726. The number of carbonyl (C=O) groups excluding carboxylic acids is 2. The highest BCUT2D eigenvalue weighted by molar-refractivity contribution is 7.13. The van der Waals surface area contributed by atoms with Crippen LogP contribution in [0.4, 0.5) is 5.69 Å². The maximum atomic E-state index is 12.7. The van der Waals surface area contributed by atoms with Crippen molar-refractivity contribution >= 4 is 52.0 Å². The first-order valence-corrected chi connectivity index (χ1v) is 11.4. The van der Waals surface area contributed by atoms with Gasteiger partial charge in [-0.1, -0.05) is 23.2 Å². The van der Waals surface area contributed by atoms with Crippen molar-refractivity contribution in [1.29, 1.82) is 0 Å². The molecular weight excluding hydrogens is 445 g/mol. The topological polar surface area (TPSA) is 70.7 Å². The fraction of sp³-hybridized carbons (Fsp3) is 0.429. The van der Waals surface area contributed by atoms with Gasteiger partial charge in [0.25, 0.3) is 0 Å². The van der Waals surface area contributed by atoms with Gasteiger partial charge in [-0.3, -0.25) is 14.5 Å². The van der Waals surface area contributed by atoms with Crippen LogP contribution < -0.4 is 15.4 Å². The van der Waals surface area contributed by atoms with Crippen LogP contribution in [0.25, 0.3) is 0 Å². The van der Waals surface area contributed by atoms with Crippen molar-refractivity contribution in [3.05, 3.63) is 45.3 Å². The van der Waals surface area contributed by atoms with Gasteiger partial charge < -0.3 is 15.4 Å². The summed E-state index contributed by atoms with van der Waals surface area (Å²) in [5.74, 6) is -0.282. The first-order valence-electron chi connectivity index (χ1n) is 9.85. The Labute approximate surface area is 190 Å². The quantitative estimate of drug-likeness (QED) is 0.592. The van der Waals surface area contributed by atoms with E-state index in [4.69, 9.17) is 27.9 Å². The summed E-state index contributed by atoms with van der Waals surface area (Å²) < 4.78 is 5.49. The minimum absolute atomic E-state index is 0.0124. The normalized spacial score (nSPS) is 17.5. The van der Waals surface area contributed by atoms with E-state index in [1.54, 1.807) is 29.5 Å². The number of hydrogen-bond acceptors (Lipinski definition) is 5. The number of halogens is 2. The van der Waals surface area contributed by atoms with Crippen molar-refractivity contribution in [3.63, 3.8) is 0 Å². The average Bonchev–Trinajstić information content (AvgIpc) is 3.30. The molecule has 2 atom stereocenters. The van der Waals surface area contributed by atoms with Gasteiger partial charge in [-0.15, -0.1) is 11.3 Å². The Morgan fingerprint density at radius 2 is 2.00 bits per heavy atom. The molecule has 9 heteroatoms. The molecular formula is C21H25Cl2N3O3S. The van der Waals surface area contributed by atoms with Crippen LogP contribution in [0.3, 0.4) is 0 Å². The second-order valence-corrected chi connectivity index (χ2v) is 9.20. The molecule has 1 aromatic carbocycles. The highest BCUT2D eigenvalue weighted by Crippen LogP contribution is 2.29. The molecule has 1 aliphatic heterocycles. The number of amides is 2. The van der Waals surface area contributed by atoms with E-state index >= 15 is 0 Å². The van der Waals surface area contributed by atoms with Gasteiger partial charge in [-0.25, -0.2) is 0 Å². The fourth-order valence-electron chi connectivity index (χ4n) is 3.41. The number of anilines is 1. The molecule has 0 saturated carbocycles. The van der Waals surface area contributed by atoms with Crippen molar-refractivity contribution in [2.75, 3.05) is 31.6 Å². The largest absolute Gasteiger partial charge is 0.484 e. The molecule has 162 valence electrons. The second-order valence-electron chi connectivity index (χ2n) is 7.25. The van der Waals surface area contributed by atoms with Gasteiger partial charge in [0.1, 0.15) is 0 Å². The first kappa shape index (κ1) is 22.9. The molecule has 3 rings (SSSR count). The third-order valence-electron chi connectivity index (χ3n) is 4.83. The summed E-state index contributed by atoms with van der Waals surface area (Å²) >= 11 is 13.5. The van der Waals surface area contributed by atoms with Gasteiger partial charge in [0, 0.05) is 27.2 Å². The summed E-state index contributed by atoms with van der Waals surface area (Å²) in [6, 6.07) is 8.73. The number of benzene rings is 1. The number of hydrogen-bond donors (Lipinski definition) is 2. The van der Waals surface area contributed by atoms with E-state index < -0.39 is 0 Å². The maximum absolute atomic E-state index is 12.7. The van der Waals surface area contributed by atoms with Gasteiger partial charge in [0.2, 0.25) is 11.8 Å². The van der Waals surface area contributed by atoms with E-state index in [-0.39, 0.29) is 30.3 Å². The molecule has 0 spiro atoms. The van der Waals surface area contributed by atoms with E-state index in [1.165, 1.54) is 0 Å². The SMILES string of the molecule is CCOc1ccc([C@@H](C)NC(=O)[C@@H]2CCN(CC(=O)Nc3cc(Cl)cc(Cl)c3)C2)s1. The van der Waals surface area contributed by atoms with Crippen LogP contribution in [0.2, 0.25) is 10.0 Å². The number of rotatable bonds is 8. The lowest BCUT2D eigenvalue weighted by atomic mass is 10.1. The van der Waals surface area contributed by atoms with Crippen LogP contribution in [0.1, 0.15) is 31.2 Å². The molecule has 0 aliphatic carbocycles. The molecule has 1 fully saturated rings. The minimum Gasteiger partial charge on any atom is -0.484 e. The van der Waals surface area contributed by atoms with Crippen LogP contribution in [0, 0.1) is 5.92 Å². The number of likely N-dealkylation sites (tertiary alicyclic amines) is 1. The van der Waals surface area contributed by atoms with Crippen LogP contribution in [-0.2, 0) is 9.59 Å². The van der Waals surface area contributed by atoms with E-state index in [1.807, 2.05) is 30.9 Å². The molecule has 0 radical (unpaired) electrons.